The normalized spacial score (nSPS) is 16.0. The molecule has 0 unspecified atom stereocenters. The Kier molecular flexibility index (Phi) is 5.12. The van der Waals surface area contributed by atoms with Gasteiger partial charge in [0.2, 0.25) is 5.91 Å². The summed E-state index contributed by atoms with van der Waals surface area (Å²) in [4.78, 5) is 16.3. The molecule has 0 aliphatic carbocycles. The summed E-state index contributed by atoms with van der Waals surface area (Å²) < 4.78 is 5.29. The van der Waals surface area contributed by atoms with E-state index in [1.807, 2.05) is 30.3 Å². The highest BCUT2D eigenvalue weighted by Gasteiger charge is 2.19. The van der Waals surface area contributed by atoms with E-state index < -0.39 is 0 Å². The van der Waals surface area contributed by atoms with Crippen LogP contribution < -0.4 is 4.90 Å². The van der Waals surface area contributed by atoms with Crippen LogP contribution in [0, 0.1) is 0 Å². The summed E-state index contributed by atoms with van der Waals surface area (Å²) in [6, 6.07) is 9.71. The number of benzene rings is 1. The first-order valence-corrected chi connectivity index (χ1v) is 6.57. The van der Waals surface area contributed by atoms with Crippen LogP contribution in [0.5, 0.6) is 0 Å². The van der Waals surface area contributed by atoms with Crippen LogP contribution in [0.3, 0.4) is 0 Å². The van der Waals surface area contributed by atoms with Gasteiger partial charge in [-0.05, 0) is 12.1 Å². The molecule has 0 radical (unpaired) electrons. The lowest BCUT2D eigenvalue weighted by molar-refractivity contribution is -0.120. The van der Waals surface area contributed by atoms with E-state index in [1.165, 1.54) is 0 Å². The summed E-state index contributed by atoms with van der Waals surface area (Å²) in [6.07, 6.45) is 1.75. The number of morpholine rings is 1. The minimum absolute atomic E-state index is 0.105. The minimum atomic E-state index is 0.105. The number of nitrogens with zero attached hydrogens (tertiary/aromatic N) is 2. The third kappa shape index (κ3) is 3.91. The molecular weight excluding hydrogens is 240 g/mol. The highest BCUT2D eigenvalue weighted by atomic mass is 16.5. The molecule has 4 nitrogen and oxygen atoms in total. The summed E-state index contributed by atoms with van der Waals surface area (Å²) in [7, 11) is 0. The average molecular weight is 260 g/mol. The van der Waals surface area contributed by atoms with Gasteiger partial charge in [-0.1, -0.05) is 24.3 Å². The van der Waals surface area contributed by atoms with Crippen LogP contribution in [-0.4, -0.2) is 50.2 Å². The molecule has 0 spiro atoms. The first kappa shape index (κ1) is 13.8. The molecule has 0 atom stereocenters. The number of carbonyl (C=O) groups excluding carboxylic acids is 1. The van der Waals surface area contributed by atoms with Crippen LogP contribution in [0.4, 0.5) is 5.69 Å². The SMILES string of the molecule is C=CCN(C(=O)CN1CCOCC1)c1ccccc1. The second-order valence-corrected chi connectivity index (χ2v) is 4.52. The zero-order valence-corrected chi connectivity index (χ0v) is 11.1. The third-order valence-corrected chi connectivity index (χ3v) is 3.14. The Hall–Kier alpha value is -1.65. The maximum Gasteiger partial charge on any atom is 0.241 e. The molecule has 1 aliphatic rings. The van der Waals surface area contributed by atoms with Crippen molar-refractivity contribution in [1.29, 1.82) is 0 Å². The predicted molar refractivity (Wildman–Crippen MR) is 76.3 cm³/mol. The summed E-state index contributed by atoms with van der Waals surface area (Å²) >= 11 is 0. The van der Waals surface area contributed by atoms with Crippen molar-refractivity contribution in [2.75, 3.05) is 44.3 Å². The predicted octanol–water partition coefficient (Wildman–Crippen LogP) is 1.54. The molecule has 1 fully saturated rings. The van der Waals surface area contributed by atoms with E-state index in [-0.39, 0.29) is 5.91 Å². The Morgan fingerprint density at radius 1 is 1.32 bits per heavy atom. The fraction of sp³-hybridized carbons (Fsp3) is 0.400. The molecule has 1 aromatic rings. The van der Waals surface area contributed by atoms with Crippen LogP contribution in [0.2, 0.25) is 0 Å². The molecule has 0 saturated carbocycles. The molecule has 0 bridgehead atoms. The zero-order chi connectivity index (χ0) is 13.5. The van der Waals surface area contributed by atoms with E-state index >= 15 is 0 Å². The van der Waals surface area contributed by atoms with Crippen molar-refractivity contribution in [1.82, 2.24) is 4.90 Å². The third-order valence-electron chi connectivity index (χ3n) is 3.14. The summed E-state index contributed by atoms with van der Waals surface area (Å²) in [6.45, 7) is 7.76. The Morgan fingerprint density at radius 2 is 2.00 bits per heavy atom. The number of hydrogen-bond acceptors (Lipinski definition) is 3. The highest BCUT2D eigenvalue weighted by Crippen LogP contribution is 2.14. The minimum Gasteiger partial charge on any atom is -0.379 e. The van der Waals surface area contributed by atoms with Gasteiger partial charge in [-0.2, -0.15) is 0 Å². The number of para-hydroxylation sites is 1. The van der Waals surface area contributed by atoms with Crippen molar-refractivity contribution in [2.24, 2.45) is 0 Å². The van der Waals surface area contributed by atoms with Crippen LogP contribution >= 0.6 is 0 Å². The van der Waals surface area contributed by atoms with E-state index in [0.717, 1.165) is 18.8 Å². The van der Waals surface area contributed by atoms with Gasteiger partial charge in [0, 0.05) is 25.3 Å². The molecule has 1 aliphatic heterocycles. The maximum absolute atomic E-state index is 12.4. The van der Waals surface area contributed by atoms with E-state index in [4.69, 9.17) is 4.74 Å². The van der Waals surface area contributed by atoms with E-state index in [0.29, 0.717) is 26.3 Å². The van der Waals surface area contributed by atoms with Crippen molar-refractivity contribution in [2.45, 2.75) is 0 Å². The summed E-state index contributed by atoms with van der Waals surface area (Å²) in [5.41, 5.74) is 0.917. The standard InChI is InChI=1S/C15H20N2O2/c1-2-8-17(14-6-4-3-5-7-14)15(18)13-16-9-11-19-12-10-16/h2-7H,1,8-13H2. The average Bonchev–Trinajstić information content (AvgIpc) is 2.46. The number of anilines is 1. The fourth-order valence-electron chi connectivity index (χ4n) is 2.12. The van der Waals surface area contributed by atoms with Crippen LogP contribution in [0.25, 0.3) is 0 Å². The fourth-order valence-corrected chi connectivity index (χ4v) is 2.12. The van der Waals surface area contributed by atoms with Crippen molar-refractivity contribution in [3.05, 3.63) is 43.0 Å². The number of hydrogen-bond donors (Lipinski definition) is 0. The number of carbonyl (C=O) groups is 1. The molecule has 1 saturated heterocycles. The van der Waals surface area contributed by atoms with E-state index in [2.05, 4.69) is 11.5 Å². The highest BCUT2D eigenvalue weighted by molar-refractivity contribution is 5.95. The molecule has 1 aromatic carbocycles. The van der Waals surface area contributed by atoms with Gasteiger partial charge in [-0.3, -0.25) is 9.69 Å². The van der Waals surface area contributed by atoms with Crippen molar-refractivity contribution < 1.29 is 9.53 Å². The summed E-state index contributed by atoms with van der Waals surface area (Å²) in [5, 5.41) is 0. The van der Waals surface area contributed by atoms with Crippen LogP contribution in [0.15, 0.2) is 43.0 Å². The lowest BCUT2D eigenvalue weighted by atomic mass is 10.2. The van der Waals surface area contributed by atoms with Gasteiger partial charge in [0.25, 0.3) is 0 Å². The second kappa shape index (κ2) is 7.07. The molecule has 1 heterocycles. The Labute approximate surface area is 114 Å². The molecule has 0 N–H and O–H groups in total. The molecule has 1 amide bonds. The molecular formula is C15H20N2O2. The zero-order valence-electron chi connectivity index (χ0n) is 11.1. The van der Waals surface area contributed by atoms with Gasteiger partial charge in [0.15, 0.2) is 0 Å². The van der Waals surface area contributed by atoms with E-state index in [1.54, 1.807) is 11.0 Å². The first-order chi connectivity index (χ1) is 9.31. The number of ether oxygens (including phenoxy) is 1. The van der Waals surface area contributed by atoms with Gasteiger partial charge >= 0.3 is 0 Å². The Balaban J connectivity index is 2.01. The molecule has 0 aromatic heterocycles. The summed E-state index contributed by atoms with van der Waals surface area (Å²) in [5.74, 6) is 0.105. The molecule has 4 heteroatoms. The smallest absolute Gasteiger partial charge is 0.241 e. The second-order valence-electron chi connectivity index (χ2n) is 4.52. The molecule has 102 valence electrons. The lowest BCUT2D eigenvalue weighted by Crippen LogP contribution is -2.45. The maximum atomic E-state index is 12.4. The molecule has 2 rings (SSSR count). The largest absolute Gasteiger partial charge is 0.379 e. The van der Waals surface area contributed by atoms with Gasteiger partial charge in [0.05, 0.1) is 19.8 Å². The van der Waals surface area contributed by atoms with Crippen molar-refractivity contribution in [3.63, 3.8) is 0 Å². The van der Waals surface area contributed by atoms with Gasteiger partial charge in [-0.25, -0.2) is 0 Å². The van der Waals surface area contributed by atoms with Crippen molar-refractivity contribution in [3.8, 4) is 0 Å². The van der Waals surface area contributed by atoms with Gasteiger partial charge in [-0.15, -0.1) is 6.58 Å². The van der Waals surface area contributed by atoms with Crippen LogP contribution in [0.1, 0.15) is 0 Å². The quantitative estimate of drug-likeness (QED) is 0.753. The van der Waals surface area contributed by atoms with Crippen molar-refractivity contribution >= 4 is 11.6 Å². The van der Waals surface area contributed by atoms with Gasteiger partial charge in [0.1, 0.15) is 0 Å². The Morgan fingerprint density at radius 3 is 2.63 bits per heavy atom. The topological polar surface area (TPSA) is 32.8 Å². The number of rotatable bonds is 5. The van der Waals surface area contributed by atoms with Gasteiger partial charge < -0.3 is 9.64 Å². The molecule has 19 heavy (non-hydrogen) atoms. The van der Waals surface area contributed by atoms with Crippen LogP contribution in [-0.2, 0) is 9.53 Å². The lowest BCUT2D eigenvalue weighted by Gasteiger charge is -2.29. The number of amides is 1. The van der Waals surface area contributed by atoms with E-state index in [9.17, 15) is 4.79 Å². The first-order valence-electron chi connectivity index (χ1n) is 6.57. The monoisotopic (exact) mass is 260 g/mol. The Bertz CT molecular complexity index is 413.